The van der Waals surface area contributed by atoms with Crippen molar-refractivity contribution in [1.29, 1.82) is 0 Å². The van der Waals surface area contributed by atoms with Gasteiger partial charge in [-0.25, -0.2) is 4.79 Å². The van der Waals surface area contributed by atoms with E-state index in [4.69, 9.17) is 4.74 Å². The minimum atomic E-state index is -4.91. The smallest absolute Gasteiger partial charge is 0.449 e. The van der Waals surface area contributed by atoms with Crippen molar-refractivity contribution in [1.82, 2.24) is 4.90 Å². The van der Waals surface area contributed by atoms with Gasteiger partial charge in [-0.15, -0.1) is 0 Å². The minimum Gasteiger partial charge on any atom is -0.449 e. The van der Waals surface area contributed by atoms with Crippen LogP contribution in [-0.2, 0) is 11.1 Å². The summed E-state index contributed by atoms with van der Waals surface area (Å²) in [6, 6.07) is 20.0. The largest absolute Gasteiger partial charge is 0.482 e. The minimum absolute atomic E-state index is 0.00549. The predicted octanol–water partition coefficient (Wildman–Crippen LogP) is 6.60. The monoisotopic (exact) mass is 605 g/mol. The molecule has 3 aromatic carbocycles. The molecule has 188 valence electrons. The van der Waals surface area contributed by atoms with Gasteiger partial charge in [0.1, 0.15) is 6.61 Å². The average molecular weight is 605 g/mol. The fraction of sp³-hybridized carbons (Fsp3) is 0.296. The third-order valence-electron chi connectivity index (χ3n) is 7.13. The van der Waals surface area contributed by atoms with Crippen LogP contribution in [0.25, 0.3) is 11.1 Å². The highest BCUT2D eigenvalue weighted by Gasteiger charge is 2.31. The van der Waals surface area contributed by atoms with Gasteiger partial charge in [-0.05, 0) is 69.5 Å². The van der Waals surface area contributed by atoms with Crippen LogP contribution in [0.2, 0.25) is 0 Å². The van der Waals surface area contributed by atoms with Crippen LogP contribution in [0, 0.1) is 10.5 Å². The summed E-state index contributed by atoms with van der Waals surface area (Å²) in [5.74, 6) is 0.00549. The van der Waals surface area contributed by atoms with Crippen molar-refractivity contribution in [2.45, 2.75) is 19.2 Å². The van der Waals surface area contributed by atoms with E-state index in [2.05, 4.69) is 46.9 Å². The summed E-state index contributed by atoms with van der Waals surface area (Å²) in [4.78, 5) is 16.6. The summed E-state index contributed by atoms with van der Waals surface area (Å²) in [7, 11) is 0. The van der Waals surface area contributed by atoms with E-state index in [1.54, 1.807) is 17.9 Å². The number of rotatable bonds is 5. The number of ether oxygens (including phenoxy) is 1. The van der Waals surface area contributed by atoms with Crippen molar-refractivity contribution in [3.05, 3.63) is 86.5 Å². The SMILES string of the molecule is Cc1c(I)cc(N2CCN(C(=O)OCC3c4ccccc4-c4ccccc43)CC2)cc1C[B-](F)(F)F. The van der Waals surface area contributed by atoms with Crippen molar-refractivity contribution in [2.75, 3.05) is 37.7 Å². The number of hydrogen-bond acceptors (Lipinski definition) is 3. The lowest BCUT2D eigenvalue weighted by atomic mass is 9.80. The van der Waals surface area contributed by atoms with E-state index in [9.17, 15) is 17.7 Å². The van der Waals surface area contributed by atoms with E-state index in [-0.39, 0.29) is 18.6 Å². The Labute approximate surface area is 222 Å². The molecule has 1 aliphatic heterocycles. The van der Waals surface area contributed by atoms with Gasteiger partial charge < -0.3 is 27.5 Å². The normalized spacial score (nSPS) is 15.6. The first-order valence-corrected chi connectivity index (χ1v) is 13.1. The number of carbonyl (C=O) groups is 1. The molecule has 0 atom stereocenters. The Balaban J connectivity index is 1.22. The Bertz CT molecular complexity index is 1250. The Kier molecular flexibility index (Phi) is 6.93. The molecule has 1 amide bonds. The van der Waals surface area contributed by atoms with Crippen molar-refractivity contribution >= 4 is 41.3 Å². The predicted molar refractivity (Wildman–Crippen MR) is 146 cm³/mol. The quantitative estimate of drug-likeness (QED) is 0.243. The van der Waals surface area contributed by atoms with Crippen LogP contribution in [0.1, 0.15) is 28.2 Å². The number of nitrogens with zero attached hydrogens (tertiary/aromatic N) is 2. The van der Waals surface area contributed by atoms with E-state index >= 15 is 0 Å². The highest BCUT2D eigenvalue weighted by atomic mass is 127. The molecule has 1 fully saturated rings. The first kappa shape index (κ1) is 25.0. The third-order valence-corrected chi connectivity index (χ3v) is 8.25. The second-order valence-corrected chi connectivity index (χ2v) is 10.6. The third kappa shape index (κ3) is 5.07. The molecule has 3 aromatic rings. The van der Waals surface area contributed by atoms with Gasteiger partial charge in [-0.1, -0.05) is 60.4 Å². The molecule has 0 bridgehead atoms. The number of benzene rings is 3. The molecule has 2 aliphatic rings. The average Bonchev–Trinajstić information content (AvgIpc) is 3.18. The fourth-order valence-corrected chi connectivity index (χ4v) is 5.86. The summed E-state index contributed by atoms with van der Waals surface area (Å²) < 4.78 is 45.9. The van der Waals surface area contributed by atoms with E-state index in [1.165, 1.54) is 22.3 Å². The van der Waals surface area contributed by atoms with Gasteiger partial charge in [0.15, 0.2) is 0 Å². The molecule has 9 heteroatoms. The number of anilines is 1. The molecule has 36 heavy (non-hydrogen) atoms. The van der Waals surface area contributed by atoms with Crippen LogP contribution in [0.15, 0.2) is 60.7 Å². The molecular weight excluding hydrogens is 579 g/mol. The van der Waals surface area contributed by atoms with E-state index in [0.717, 1.165) is 9.26 Å². The second kappa shape index (κ2) is 9.99. The molecule has 0 aromatic heterocycles. The highest BCUT2D eigenvalue weighted by Crippen LogP contribution is 2.44. The topological polar surface area (TPSA) is 32.8 Å². The zero-order valence-corrected chi connectivity index (χ0v) is 22.1. The van der Waals surface area contributed by atoms with Gasteiger partial charge in [0.2, 0.25) is 0 Å². The van der Waals surface area contributed by atoms with Crippen molar-refractivity contribution < 1.29 is 22.5 Å². The van der Waals surface area contributed by atoms with Gasteiger partial charge in [-0.3, -0.25) is 0 Å². The molecular formula is C27H26BF3IN2O2-. The zero-order chi connectivity index (χ0) is 25.4. The molecule has 4 nitrogen and oxygen atoms in total. The Morgan fingerprint density at radius 1 is 0.972 bits per heavy atom. The summed E-state index contributed by atoms with van der Waals surface area (Å²) in [5.41, 5.74) is 6.47. The molecule has 0 N–H and O–H groups in total. The first-order valence-electron chi connectivity index (χ1n) is 12.1. The lowest BCUT2D eigenvalue weighted by Gasteiger charge is -2.36. The van der Waals surface area contributed by atoms with Crippen LogP contribution in [0.5, 0.6) is 0 Å². The van der Waals surface area contributed by atoms with E-state index in [0.29, 0.717) is 37.3 Å². The van der Waals surface area contributed by atoms with Gasteiger partial charge >= 0.3 is 13.1 Å². The highest BCUT2D eigenvalue weighted by molar-refractivity contribution is 14.1. The number of carbonyl (C=O) groups excluding carboxylic acids is 1. The summed E-state index contributed by atoms with van der Waals surface area (Å²) in [5, 5.41) is 0. The fourth-order valence-electron chi connectivity index (χ4n) is 5.20. The standard InChI is InChI=1S/C27H26BF3IN2O2/c1-18-19(16-28(29,30)31)14-20(15-26(18)32)33-10-12-34(13-11-33)27(35)36-17-25-23-8-4-2-6-21(23)22-7-3-5-9-24(22)25/h2-9,14-15,25H,10-13,16-17H2,1H3/q-1. The lowest BCUT2D eigenvalue weighted by molar-refractivity contribution is 0.0977. The number of fused-ring (bicyclic) bond motifs is 3. The second-order valence-electron chi connectivity index (χ2n) is 9.40. The molecule has 0 unspecified atom stereocenters. The Hall–Kier alpha value is -2.69. The van der Waals surface area contributed by atoms with E-state index < -0.39 is 13.3 Å². The Morgan fingerprint density at radius 2 is 1.56 bits per heavy atom. The van der Waals surface area contributed by atoms with Crippen molar-refractivity contribution in [3.8, 4) is 11.1 Å². The number of halogens is 4. The molecule has 0 saturated carbocycles. The van der Waals surface area contributed by atoms with Gasteiger partial charge in [-0.2, -0.15) is 0 Å². The van der Waals surface area contributed by atoms with Gasteiger partial charge in [0.25, 0.3) is 0 Å². The summed E-state index contributed by atoms with van der Waals surface area (Å²) in [6.45, 7) is -0.905. The summed E-state index contributed by atoms with van der Waals surface area (Å²) in [6.07, 6.45) is -1.23. The van der Waals surface area contributed by atoms with Crippen LogP contribution in [-0.4, -0.2) is 50.8 Å². The molecule has 0 spiro atoms. The Morgan fingerprint density at radius 3 is 2.14 bits per heavy atom. The molecule has 1 aliphatic carbocycles. The molecule has 5 rings (SSSR count). The molecule has 1 heterocycles. The molecule has 1 saturated heterocycles. The number of hydrogen-bond donors (Lipinski definition) is 0. The van der Waals surface area contributed by atoms with Crippen LogP contribution in [0.4, 0.5) is 23.4 Å². The number of piperazine rings is 1. The van der Waals surface area contributed by atoms with Gasteiger partial charge in [0.05, 0.1) is 0 Å². The lowest BCUT2D eigenvalue weighted by Crippen LogP contribution is -2.49. The van der Waals surface area contributed by atoms with E-state index in [1.807, 2.05) is 35.2 Å². The maximum absolute atomic E-state index is 13.1. The maximum Gasteiger partial charge on any atom is 0.482 e. The zero-order valence-electron chi connectivity index (χ0n) is 19.9. The van der Waals surface area contributed by atoms with Crippen LogP contribution < -0.4 is 4.90 Å². The van der Waals surface area contributed by atoms with Crippen LogP contribution >= 0.6 is 22.6 Å². The first-order chi connectivity index (χ1) is 17.2. The maximum atomic E-state index is 13.1. The molecule has 0 radical (unpaired) electrons. The van der Waals surface area contributed by atoms with Crippen LogP contribution in [0.3, 0.4) is 0 Å². The van der Waals surface area contributed by atoms with Crippen molar-refractivity contribution in [3.63, 3.8) is 0 Å². The summed E-state index contributed by atoms with van der Waals surface area (Å²) >= 11 is 2.10. The van der Waals surface area contributed by atoms with Gasteiger partial charge in [0, 0.05) is 41.4 Å². The van der Waals surface area contributed by atoms with Crippen molar-refractivity contribution in [2.24, 2.45) is 0 Å². The number of amides is 1.